The predicted octanol–water partition coefficient (Wildman–Crippen LogP) is 3.14. The van der Waals surface area contributed by atoms with Gasteiger partial charge in [0.25, 0.3) is 0 Å². The fourth-order valence-electron chi connectivity index (χ4n) is 2.06. The number of nitrogens with one attached hydrogen (secondary N) is 1. The van der Waals surface area contributed by atoms with E-state index in [9.17, 15) is 0 Å². The van der Waals surface area contributed by atoms with Crippen LogP contribution in [0.25, 0.3) is 0 Å². The number of hydrogen-bond acceptors (Lipinski definition) is 3. The highest BCUT2D eigenvalue weighted by Gasteiger charge is 2.11. The Labute approximate surface area is 127 Å². The number of aryl methyl sites for hydroxylation is 2. The molecule has 0 saturated carbocycles. The standard InChI is InChI=1S/C15H17BrN4/c1-3-20-14(15(16)11(2)19-20)10-18-9-13-6-4-12(8-17)5-7-13/h4-7,18H,3,9-10H2,1-2H3. The van der Waals surface area contributed by atoms with Crippen LogP contribution in [-0.2, 0) is 19.6 Å². The van der Waals surface area contributed by atoms with E-state index in [2.05, 4.69) is 39.3 Å². The number of nitrogens with zero attached hydrogens (tertiary/aromatic N) is 3. The van der Waals surface area contributed by atoms with Crippen molar-refractivity contribution >= 4 is 15.9 Å². The zero-order valence-corrected chi connectivity index (χ0v) is 13.2. The van der Waals surface area contributed by atoms with Crippen LogP contribution in [0.15, 0.2) is 28.7 Å². The largest absolute Gasteiger partial charge is 0.307 e. The molecule has 1 heterocycles. The average Bonchev–Trinajstić information content (AvgIpc) is 2.75. The Balaban J connectivity index is 1.97. The van der Waals surface area contributed by atoms with Gasteiger partial charge >= 0.3 is 0 Å². The molecule has 4 nitrogen and oxygen atoms in total. The fourth-order valence-corrected chi connectivity index (χ4v) is 2.48. The highest BCUT2D eigenvalue weighted by molar-refractivity contribution is 9.10. The van der Waals surface area contributed by atoms with Crippen molar-refractivity contribution in [3.63, 3.8) is 0 Å². The Bertz CT molecular complexity index is 623. The minimum Gasteiger partial charge on any atom is -0.307 e. The average molecular weight is 333 g/mol. The minimum absolute atomic E-state index is 0.691. The first kappa shape index (κ1) is 14.8. The number of nitriles is 1. The van der Waals surface area contributed by atoms with Crippen LogP contribution in [0, 0.1) is 18.3 Å². The van der Waals surface area contributed by atoms with E-state index in [0.29, 0.717) is 5.56 Å². The summed E-state index contributed by atoms with van der Waals surface area (Å²) in [6.07, 6.45) is 0. The summed E-state index contributed by atoms with van der Waals surface area (Å²) in [7, 11) is 0. The summed E-state index contributed by atoms with van der Waals surface area (Å²) in [5, 5.41) is 16.6. The summed E-state index contributed by atoms with van der Waals surface area (Å²) >= 11 is 3.59. The molecule has 0 aliphatic carbocycles. The number of rotatable bonds is 5. The van der Waals surface area contributed by atoms with Crippen molar-refractivity contribution in [1.82, 2.24) is 15.1 Å². The Morgan fingerprint density at radius 2 is 2.00 bits per heavy atom. The molecular formula is C15H17BrN4. The first-order valence-electron chi connectivity index (χ1n) is 6.57. The molecule has 0 saturated heterocycles. The molecule has 0 aliphatic rings. The lowest BCUT2D eigenvalue weighted by molar-refractivity contribution is 0.578. The molecule has 0 bridgehead atoms. The van der Waals surface area contributed by atoms with Gasteiger partial charge in [-0.1, -0.05) is 12.1 Å². The lowest BCUT2D eigenvalue weighted by Gasteiger charge is -2.08. The lowest BCUT2D eigenvalue weighted by atomic mass is 10.1. The van der Waals surface area contributed by atoms with Gasteiger partial charge in [-0.25, -0.2) is 0 Å². The van der Waals surface area contributed by atoms with Gasteiger partial charge in [0, 0.05) is 19.6 Å². The zero-order chi connectivity index (χ0) is 14.5. The molecule has 0 fully saturated rings. The molecule has 2 rings (SSSR count). The summed E-state index contributed by atoms with van der Waals surface area (Å²) in [4.78, 5) is 0. The Morgan fingerprint density at radius 3 is 2.60 bits per heavy atom. The van der Waals surface area contributed by atoms with Crippen LogP contribution in [0.2, 0.25) is 0 Å². The van der Waals surface area contributed by atoms with Crippen molar-refractivity contribution in [2.24, 2.45) is 0 Å². The Morgan fingerprint density at radius 1 is 1.30 bits per heavy atom. The Kier molecular flexibility index (Phi) is 4.94. The summed E-state index contributed by atoms with van der Waals surface area (Å²) in [6, 6.07) is 9.75. The molecule has 2 aromatic rings. The smallest absolute Gasteiger partial charge is 0.0991 e. The molecule has 1 aromatic heterocycles. The van der Waals surface area contributed by atoms with Gasteiger partial charge in [-0.15, -0.1) is 0 Å². The summed E-state index contributed by atoms with van der Waals surface area (Å²) in [5.74, 6) is 0. The number of benzene rings is 1. The highest BCUT2D eigenvalue weighted by Crippen LogP contribution is 2.20. The molecule has 104 valence electrons. The molecule has 1 aromatic carbocycles. The monoisotopic (exact) mass is 332 g/mol. The zero-order valence-electron chi connectivity index (χ0n) is 11.7. The molecule has 0 atom stereocenters. The normalized spacial score (nSPS) is 10.5. The van der Waals surface area contributed by atoms with Crippen molar-refractivity contribution in [3.05, 3.63) is 51.3 Å². The van der Waals surface area contributed by atoms with Crippen LogP contribution >= 0.6 is 15.9 Å². The van der Waals surface area contributed by atoms with Gasteiger partial charge in [-0.2, -0.15) is 10.4 Å². The summed E-state index contributed by atoms with van der Waals surface area (Å²) in [5.41, 5.74) is 4.04. The van der Waals surface area contributed by atoms with Gasteiger partial charge in [-0.3, -0.25) is 4.68 Å². The van der Waals surface area contributed by atoms with E-state index in [-0.39, 0.29) is 0 Å². The van der Waals surface area contributed by atoms with Gasteiger partial charge < -0.3 is 5.32 Å². The maximum Gasteiger partial charge on any atom is 0.0991 e. The first-order chi connectivity index (χ1) is 9.65. The van der Waals surface area contributed by atoms with Crippen LogP contribution in [0.5, 0.6) is 0 Å². The van der Waals surface area contributed by atoms with Crippen molar-refractivity contribution in [1.29, 1.82) is 5.26 Å². The molecule has 20 heavy (non-hydrogen) atoms. The van der Waals surface area contributed by atoms with Crippen LogP contribution in [0.1, 0.15) is 29.4 Å². The Hall–Kier alpha value is -1.64. The lowest BCUT2D eigenvalue weighted by Crippen LogP contribution is -2.16. The second-order valence-electron chi connectivity index (χ2n) is 4.57. The number of aromatic nitrogens is 2. The minimum atomic E-state index is 0.691. The van der Waals surface area contributed by atoms with Crippen LogP contribution in [0.3, 0.4) is 0 Å². The van der Waals surface area contributed by atoms with Crippen LogP contribution < -0.4 is 5.32 Å². The predicted molar refractivity (Wildman–Crippen MR) is 82.0 cm³/mol. The van der Waals surface area contributed by atoms with Gasteiger partial charge in [0.05, 0.1) is 27.5 Å². The molecule has 5 heteroatoms. The summed E-state index contributed by atoms with van der Waals surface area (Å²) < 4.78 is 3.08. The van der Waals surface area contributed by atoms with Gasteiger partial charge in [0.1, 0.15) is 0 Å². The van der Waals surface area contributed by atoms with Crippen molar-refractivity contribution in [2.45, 2.75) is 33.5 Å². The fraction of sp³-hybridized carbons (Fsp3) is 0.333. The third-order valence-electron chi connectivity index (χ3n) is 3.16. The molecule has 0 radical (unpaired) electrons. The quantitative estimate of drug-likeness (QED) is 0.915. The van der Waals surface area contributed by atoms with E-state index >= 15 is 0 Å². The second-order valence-corrected chi connectivity index (χ2v) is 5.37. The van der Waals surface area contributed by atoms with Crippen molar-refractivity contribution < 1.29 is 0 Å². The topological polar surface area (TPSA) is 53.6 Å². The highest BCUT2D eigenvalue weighted by atomic mass is 79.9. The van der Waals surface area contributed by atoms with Gasteiger partial charge in [0.15, 0.2) is 0 Å². The van der Waals surface area contributed by atoms with E-state index < -0.39 is 0 Å². The summed E-state index contributed by atoms with van der Waals surface area (Å²) in [6.45, 7) is 6.48. The molecule has 1 N–H and O–H groups in total. The first-order valence-corrected chi connectivity index (χ1v) is 7.36. The van der Waals surface area contributed by atoms with E-state index in [0.717, 1.165) is 29.8 Å². The van der Waals surface area contributed by atoms with Gasteiger partial charge in [0.2, 0.25) is 0 Å². The molecule has 0 unspecified atom stereocenters. The van der Waals surface area contributed by atoms with E-state index in [4.69, 9.17) is 5.26 Å². The molecule has 0 aliphatic heterocycles. The molecule has 0 spiro atoms. The third kappa shape index (κ3) is 3.27. The molecule has 0 amide bonds. The van der Waals surface area contributed by atoms with Gasteiger partial charge in [-0.05, 0) is 47.5 Å². The van der Waals surface area contributed by atoms with Crippen molar-refractivity contribution in [3.8, 4) is 6.07 Å². The molecular weight excluding hydrogens is 316 g/mol. The maximum atomic E-state index is 8.76. The van der Waals surface area contributed by atoms with E-state index in [1.807, 2.05) is 35.9 Å². The van der Waals surface area contributed by atoms with E-state index in [1.54, 1.807) is 0 Å². The SMILES string of the molecule is CCn1nc(C)c(Br)c1CNCc1ccc(C#N)cc1. The second kappa shape index (κ2) is 6.69. The third-order valence-corrected chi connectivity index (χ3v) is 4.19. The maximum absolute atomic E-state index is 8.76. The number of halogens is 1. The van der Waals surface area contributed by atoms with Crippen LogP contribution in [-0.4, -0.2) is 9.78 Å². The number of hydrogen-bond donors (Lipinski definition) is 1. The van der Waals surface area contributed by atoms with E-state index in [1.165, 1.54) is 11.3 Å². The van der Waals surface area contributed by atoms with Crippen LogP contribution in [0.4, 0.5) is 0 Å². The van der Waals surface area contributed by atoms with Crippen molar-refractivity contribution in [2.75, 3.05) is 0 Å².